The van der Waals surface area contributed by atoms with Gasteiger partial charge in [0.1, 0.15) is 5.76 Å². The minimum atomic E-state index is -0.839. The van der Waals surface area contributed by atoms with Crippen molar-refractivity contribution in [2.75, 3.05) is 13.2 Å². The number of hydrogen-bond acceptors (Lipinski definition) is 4. The molecule has 0 atom stereocenters. The molecule has 0 saturated heterocycles. The number of ketones is 1. The minimum absolute atomic E-state index is 0.154. The molecule has 0 aliphatic heterocycles. The van der Waals surface area contributed by atoms with Crippen LogP contribution in [0.3, 0.4) is 0 Å². The van der Waals surface area contributed by atoms with Gasteiger partial charge < -0.3 is 13.9 Å². The first-order chi connectivity index (χ1) is 8.52. The van der Waals surface area contributed by atoms with E-state index in [-0.39, 0.29) is 11.7 Å². The molecule has 1 aromatic rings. The summed E-state index contributed by atoms with van der Waals surface area (Å²) in [6.45, 7) is 10.4. The van der Waals surface area contributed by atoms with E-state index in [1.165, 1.54) is 0 Å². The Morgan fingerprint density at radius 1 is 1.28 bits per heavy atom. The number of carbonyl (C=O) groups is 1. The van der Waals surface area contributed by atoms with Crippen molar-refractivity contribution < 1.29 is 18.7 Å². The van der Waals surface area contributed by atoms with Gasteiger partial charge in [-0.2, -0.15) is 0 Å². The smallest absolute Gasteiger partial charge is 0.222 e. The Kier molecular flexibility index (Phi) is 5.56. The fraction of sp³-hybridized carbons (Fsp3) is 0.643. The van der Waals surface area contributed by atoms with Crippen LogP contribution in [0.4, 0.5) is 0 Å². The molecular weight excluding hydrogens is 232 g/mol. The normalized spacial score (nSPS) is 11.5. The van der Waals surface area contributed by atoms with Gasteiger partial charge in [-0.15, -0.1) is 0 Å². The zero-order valence-corrected chi connectivity index (χ0v) is 11.8. The minimum Gasteiger partial charge on any atom is -0.468 e. The second-order valence-electron chi connectivity index (χ2n) is 4.42. The van der Waals surface area contributed by atoms with Gasteiger partial charge in [0.15, 0.2) is 0 Å². The predicted molar refractivity (Wildman–Crippen MR) is 68.9 cm³/mol. The predicted octanol–water partition coefficient (Wildman–Crippen LogP) is 3.29. The van der Waals surface area contributed by atoms with Gasteiger partial charge in [0, 0.05) is 19.1 Å². The van der Waals surface area contributed by atoms with Gasteiger partial charge in [0.05, 0.1) is 11.8 Å². The summed E-state index contributed by atoms with van der Waals surface area (Å²) < 4.78 is 16.1. The Bertz CT molecular complexity index is 386. The van der Waals surface area contributed by atoms with E-state index in [2.05, 4.69) is 0 Å². The van der Waals surface area contributed by atoms with Crippen LogP contribution in [0, 0.1) is 6.92 Å². The van der Waals surface area contributed by atoms with E-state index in [1.807, 2.05) is 34.6 Å². The summed E-state index contributed by atoms with van der Waals surface area (Å²) in [5.41, 5.74) is 1.42. The molecule has 0 amide bonds. The summed E-state index contributed by atoms with van der Waals surface area (Å²) in [6.07, 6.45) is 0.770. The molecule has 0 radical (unpaired) electrons. The highest BCUT2D eigenvalue weighted by molar-refractivity contribution is 6.00. The molecule has 1 aromatic heterocycles. The summed E-state index contributed by atoms with van der Waals surface area (Å²) in [5, 5.41) is 0. The Hall–Kier alpha value is -1.13. The van der Waals surface area contributed by atoms with E-state index in [1.54, 1.807) is 6.26 Å². The molecule has 4 heteroatoms. The average Bonchev–Trinajstić information content (AvgIpc) is 2.70. The molecule has 0 aromatic carbocycles. The first-order valence-electron chi connectivity index (χ1n) is 6.38. The topological polar surface area (TPSA) is 48.7 Å². The van der Waals surface area contributed by atoms with Gasteiger partial charge >= 0.3 is 0 Å². The molecule has 0 spiro atoms. The summed E-state index contributed by atoms with van der Waals surface area (Å²) in [5.74, 6) is 0.692. The maximum Gasteiger partial charge on any atom is 0.222 e. The third-order valence-corrected chi connectivity index (χ3v) is 2.62. The van der Waals surface area contributed by atoms with Gasteiger partial charge in [0.25, 0.3) is 0 Å². The largest absolute Gasteiger partial charge is 0.468 e. The number of carbonyl (C=O) groups excluding carboxylic acids is 1. The molecule has 102 valence electrons. The lowest BCUT2D eigenvalue weighted by atomic mass is 10.0. The van der Waals surface area contributed by atoms with E-state index in [0.717, 1.165) is 5.56 Å². The van der Waals surface area contributed by atoms with Gasteiger partial charge in [-0.25, -0.2) is 0 Å². The first-order valence-corrected chi connectivity index (χ1v) is 6.38. The molecule has 0 fully saturated rings. The van der Waals surface area contributed by atoms with Crippen LogP contribution < -0.4 is 0 Å². The number of Topliss-reactive ketones (excluding diaryl/α,β-unsaturated/α-hetero) is 1. The zero-order chi connectivity index (χ0) is 13.7. The van der Waals surface area contributed by atoms with E-state index >= 15 is 0 Å². The Labute approximate surface area is 108 Å². The fourth-order valence-corrected chi connectivity index (χ4v) is 1.82. The second-order valence-corrected chi connectivity index (χ2v) is 4.42. The van der Waals surface area contributed by atoms with E-state index in [9.17, 15) is 4.79 Å². The SMILES string of the molecule is CCOC(OCC)C(=O)c1c(C)coc1C(C)C. The summed E-state index contributed by atoms with van der Waals surface area (Å²) in [4.78, 5) is 12.4. The van der Waals surface area contributed by atoms with Crippen molar-refractivity contribution in [1.82, 2.24) is 0 Å². The quantitative estimate of drug-likeness (QED) is 0.553. The van der Waals surface area contributed by atoms with Gasteiger partial charge in [-0.05, 0) is 26.3 Å². The number of furan rings is 1. The van der Waals surface area contributed by atoms with Crippen molar-refractivity contribution in [1.29, 1.82) is 0 Å². The molecule has 0 N–H and O–H groups in total. The molecule has 1 rings (SSSR count). The standard InChI is InChI=1S/C14H22O4/c1-6-16-14(17-7-2)12(15)11-10(5)8-18-13(11)9(3)4/h8-9,14H,6-7H2,1-5H3. The van der Waals surface area contributed by atoms with Crippen LogP contribution in [0.1, 0.15) is 55.3 Å². The van der Waals surface area contributed by atoms with Crippen LogP contribution in [-0.2, 0) is 9.47 Å². The van der Waals surface area contributed by atoms with Gasteiger partial charge in [-0.3, -0.25) is 4.79 Å². The fourth-order valence-electron chi connectivity index (χ4n) is 1.82. The molecule has 0 aliphatic carbocycles. The monoisotopic (exact) mass is 254 g/mol. The molecule has 0 bridgehead atoms. The molecular formula is C14H22O4. The van der Waals surface area contributed by atoms with Crippen LogP contribution in [-0.4, -0.2) is 25.3 Å². The van der Waals surface area contributed by atoms with Crippen molar-refractivity contribution in [3.8, 4) is 0 Å². The van der Waals surface area contributed by atoms with E-state index in [0.29, 0.717) is 24.5 Å². The highest BCUT2D eigenvalue weighted by atomic mass is 16.7. The number of rotatable bonds is 7. The lowest BCUT2D eigenvalue weighted by Crippen LogP contribution is -2.28. The highest BCUT2D eigenvalue weighted by Crippen LogP contribution is 2.26. The Balaban J connectivity index is 3.03. The van der Waals surface area contributed by atoms with E-state index < -0.39 is 6.29 Å². The maximum atomic E-state index is 12.4. The molecule has 1 heterocycles. The van der Waals surface area contributed by atoms with E-state index in [4.69, 9.17) is 13.9 Å². The Morgan fingerprint density at radius 3 is 2.28 bits per heavy atom. The molecule has 4 nitrogen and oxygen atoms in total. The first kappa shape index (κ1) is 14.9. The Morgan fingerprint density at radius 2 is 1.83 bits per heavy atom. The van der Waals surface area contributed by atoms with Crippen LogP contribution >= 0.6 is 0 Å². The van der Waals surface area contributed by atoms with Crippen LogP contribution in [0.2, 0.25) is 0 Å². The van der Waals surface area contributed by atoms with Crippen LogP contribution in [0.25, 0.3) is 0 Å². The average molecular weight is 254 g/mol. The van der Waals surface area contributed by atoms with Crippen molar-refractivity contribution in [2.24, 2.45) is 0 Å². The third-order valence-electron chi connectivity index (χ3n) is 2.62. The van der Waals surface area contributed by atoms with Gasteiger partial charge in [0.2, 0.25) is 12.1 Å². The number of ether oxygens (including phenoxy) is 2. The maximum absolute atomic E-state index is 12.4. The van der Waals surface area contributed by atoms with Crippen molar-refractivity contribution in [3.05, 3.63) is 23.2 Å². The summed E-state index contributed by atoms with van der Waals surface area (Å²) >= 11 is 0. The van der Waals surface area contributed by atoms with Crippen molar-refractivity contribution in [2.45, 2.75) is 46.8 Å². The van der Waals surface area contributed by atoms with Gasteiger partial charge in [-0.1, -0.05) is 13.8 Å². The van der Waals surface area contributed by atoms with Crippen molar-refractivity contribution in [3.63, 3.8) is 0 Å². The van der Waals surface area contributed by atoms with Crippen LogP contribution in [0.15, 0.2) is 10.7 Å². The van der Waals surface area contributed by atoms with Crippen molar-refractivity contribution >= 4 is 5.78 Å². The lowest BCUT2D eigenvalue weighted by Gasteiger charge is -2.16. The summed E-state index contributed by atoms with van der Waals surface area (Å²) in [6, 6.07) is 0. The summed E-state index contributed by atoms with van der Waals surface area (Å²) in [7, 11) is 0. The highest BCUT2D eigenvalue weighted by Gasteiger charge is 2.28. The van der Waals surface area contributed by atoms with Crippen LogP contribution in [0.5, 0.6) is 0 Å². The lowest BCUT2D eigenvalue weighted by molar-refractivity contribution is -0.107. The third kappa shape index (κ3) is 3.21. The second kappa shape index (κ2) is 6.71. The number of hydrogen-bond donors (Lipinski definition) is 0. The molecule has 0 unspecified atom stereocenters. The molecule has 0 saturated carbocycles. The molecule has 0 aliphatic rings. The zero-order valence-electron chi connectivity index (χ0n) is 11.8. The number of aryl methyl sites for hydroxylation is 1. The molecule has 18 heavy (non-hydrogen) atoms.